The molecule has 3 rings (SSSR count). The largest absolute Gasteiger partial charge is 0.330 e. The van der Waals surface area contributed by atoms with E-state index < -0.39 is 0 Å². The molecule has 88 valence electrons. The molecule has 0 aliphatic heterocycles. The van der Waals surface area contributed by atoms with Gasteiger partial charge in [0, 0.05) is 25.0 Å². The third-order valence-electron chi connectivity index (χ3n) is 3.01. The molecule has 0 spiro atoms. The molecular weight excluding hydrogens is 214 g/mol. The van der Waals surface area contributed by atoms with Gasteiger partial charge in [-0.3, -0.25) is 4.57 Å². The lowest BCUT2D eigenvalue weighted by atomic mass is 10.2. The Hall–Kier alpha value is -1.81. The van der Waals surface area contributed by atoms with E-state index in [2.05, 4.69) is 16.4 Å². The average molecular weight is 229 g/mol. The molecule has 0 atom stereocenters. The highest BCUT2D eigenvalue weighted by Gasteiger charge is 2.19. The molecule has 0 unspecified atom stereocenters. The van der Waals surface area contributed by atoms with Crippen molar-refractivity contribution in [1.82, 2.24) is 14.9 Å². The minimum atomic E-state index is -0.0997. The van der Waals surface area contributed by atoms with Gasteiger partial charge in [0.1, 0.15) is 0 Å². The van der Waals surface area contributed by atoms with Crippen molar-refractivity contribution in [3.05, 3.63) is 52.7 Å². The monoisotopic (exact) mass is 229 g/mol. The summed E-state index contributed by atoms with van der Waals surface area (Å²) in [6, 6.07) is 8.75. The lowest BCUT2D eigenvalue weighted by Gasteiger charge is -2.06. The lowest BCUT2D eigenvalue weighted by molar-refractivity contribution is 0.687. The van der Waals surface area contributed by atoms with Crippen molar-refractivity contribution in [2.75, 3.05) is 0 Å². The smallest absolute Gasteiger partial charge is 0.312 e. The zero-order valence-corrected chi connectivity index (χ0v) is 9.52. The highest BCUT2D eigenvalue weighted by molar-refractivity contribution is 5.35. The molecule has 1 aromatic heterocycles. The van der Waals surface area contributed by atoms with Crippen molar-refractivity contribution in [3.8, 4) is 5.69 Å². The van der Waals surface area contributed by atoms with E-state index >= 15 is 0 Å². The Balaban J connectivity index is 1.83. The maximum atomic E-state index is 11.5. The number of H-pyrrole nitrogens is 1. The fourth-order valence-electron chi connectivity index (χ4n) is 1.89. The van der Waals surface area contributed by atoms with E-state index in [4.69, 9.17) is 0 Å². The molecule has 17 heavy (non-hydrogen) atoms. The predicted molar refractivity (Wildman–Crippen MR) is 66.3 cm³/mol. The van der Waals surface area contributed by atoms with Crippen LogP contribution in [0.15, 0.2) is 41.5 Å². The Morgan fingerprint density at radius 1 is 1.41 bits per heavy atom. The van der Waals surface area contributed by atoms with Crippen LogP contribution in [-0.4, -0.2) is 15.6 Å². The summed E-state index contributed by atoms with van der Waals surface area (Å²) in [5, 5.41) is 3.46. The van der Waals surface area contributed by atoms with Crippen LogP contribution in [0.5, 0.6) is 0 Å². The highest BCUT2D eigenvalue weighted by Crippen LogP contribution is 2.19. The van der Waals surface area contributed by atoms with Crippen LogP contribution in [0.4, 0.5) is 0 Å². The first-order valence-corrected chi connectivity index (χ1v) is 5.92. The Labute approximate surface area is 99.3 Å². The first-order chi connectivity index (χ1) is 8.33. The van der Waals surface area contributed by atoms with E-state index in [1.165, 1.54) is 18.4 Å². The zero-order chi connectivity index (χ0) is 11.7. The third-order valence-corrected chi connectivity index (χ3v) is 3.01. The minimum absolute atomic E-state index is 0.0997. The van der Waals surface area contributed by atoms with E-state index in [1.807, 2.05) is 18.2 Å². The molecule has 0 radical (unpaired) electrons. The number of aromatic amines is 1. The number of benzene rings is 1. The van der Waals surface area contributed by atoms with Crippen LogP contribution in [-0.2, 0) is 6.54 Å². The second-order valence-corrected chi connectivity index (χ2v) is 4.46. The van der Waals surface area contributed by atoms with Gasteiger partial charge >= 0.3 is 5.69 Å². The predicted octanol–water partition coefficient (Wildman–Crippen LogP) is 1.42. The molecule has 0 amide bonds. The number of nitrogens with zero attached hydrogens (tertiary/aromatic N) is 1. The summed E-state index contributed by atoms with van der Waals surface area (Å²) in [5.41, 5.74) is 2.02. The molecule has 2 N–H and O–H groups in total. The van der Waals surface area contributed by atoms with Crippen LogP contribution in [0.1, 0.15) is 18.4 Å². The SMILES string of the molecule is O=c1[nH]ccn1-c1cccc(CNC2CC2)c1. The Kier molecular flexibility index (Phi) is 2.57. The van der Waals surface area contributed by atoms with Crippen molar-refractivity contribution in [2.24, 2.45) is 0 Å². The van der Waals surface area contributed by atoms with Crippen LogP contribution >= 0.6 is 0 Å². The molecule has 0 bridgehead atoms. The molecule has 0 saturated heterocycles. The third kappa shape index (κ3) is 2.31. The van der Waals surface area contributed by atoms with E-state index in [1.54, 1.807) is 17.0 Å². The van der Waals surface area contributed by atoms with Gasteiger partial charge < -0.3 is 10.3 Å². The van der Waals surface area contributed by atoms with Crippen LogP contribution in [0.25, 0.3) is 5.69 Å². The molecule has 1 fully saturated rings. The number of nitrogens with one attached hydrogen (secondary N) is 2. The Morgan fingerprint density at radius 2 is 2.29 bits per heavy atom. The number of aromatic nitrogens is 2. The second-order valence-electron chi connectivity index (χ2n) is 4.46. The summed E-state index contributed by atoms with van der Waals surface area (Å²) in [4.78, 5) is 14.1. The van der Waals surface area contributed by atoms with Crippen LogP contribution in [0.2, 0.25) is 0 Å². The molecule has 1 aromatic carbocycles. The van der Waals surface area contributed by atoms with Gasteiger partial charge in [0.2, 0.25) is 0 Å². The fourth-order valence-corrected chi connectivity index (χ4v) is 1.89. The average Bonchev–Trinajstić information content (AvgIpc) is 3.08. The summed E-state index contributed by atoms with van der Waals surface area (Å²) >= 11 is 0. The first-order valence-electron chi connectivity index (χ1n) is 5.92. The van der Waals surface area contributed by atoms with E-state index in [0.29, 0.717) is 6.04 Å². The number of hydrogen-bond donors (Lipinski definition) is 2. The normalized spacial score (nSPS) is 15.1. The maximum Gasteiger partial charge on any atom is 0.330 e. The van der Waals surface area contributed by atoms with Crippen molar-refractivity contribution < 1.29 is 0 Å². The molecule has 1 aliphatic rings. The van der Waals surface area contributed by atoms with Gasteiger partial charge in [0.05, 0.1) is 5.69 Å². The Bertz CT molecular complexity index is 566. The Morgan fingerprint density at radius 3 is 3.00 bits per heavy atom. The molecule has 4 nitrogen and oxygen atoms in total. The van der Waals surface area contributed by atoms with Gasteiger partial charge in [-0.1, -0.05) is 12.1 Å². The number of imidazole rings is 1. The molecule has 1 saturated carbocycles. The van der Waals surface area contributed by atoms with Crippen molar-refractivity contribution in [3.63, 3.8) is 0 Å². The van der Waals surface area contributed by atoms with Gasteiger partial charge in [-0.25, -0.2) is 4.79 Å². The highest BCUT2D eigenvalue weighted by atomic mass is 16.1. The summed E-state index contributed by atoms with van der Waals surface area (Å²) in [6.07, 6.45) is 5.97. The van der Waals surface area contributed by atoms with Crippen LogP contribution in [0.3, 0.4) is 0 Å². The zero-order valence-electron chi connectivity index (χ0n) is 9.52. The lowest BCUT2D eigenvalue weighted by Crippen LogP contribution is -2.17. The van der Waals surface area contributed by atoms with Gasteiger partial charge in [-0.15, -0.1) is 0 Å². The summed E-state index contributed by atoms with van der Waals surface area (Å²) < 4.78 is 1.61. The molecular formula is C13H15N3O. The van der Waals surface area contributed by atoms with Crippen molar-refractivity contribution in [1.29, 1.82) is 0 Å². The van der Waals surface area contributed by atoms with Gasteiger partial charge in [0.15, 0.2) is 0 Å². The quantitative estimate of drug-likeness (QED) is 0.833. The molecule has 2 aromatic rings. The molecule has 1 aliphatic carbocycles. The fraction of sp³-hybridized carbons (Fsp3) is 0.308. The second kappa shape index (κ2) is 4.22. The van der Waals surface area contributed by atoms with Crippen LogP contribution in [0, 0.1) is 0 Å². The van der Waals surface area contributed by atoms with E-state index in [-0.39, 0.29) is 5.69 Å². The first kappa shape index (κ1) is 10.4. The van der Waals surface area contributed by atoms with Crippen molar-refractivity contribution in [2.45, 2.75) is 25.4 Å². The maximum absolute atomic E-state index is 11.5. The van der Waals surface area contributed by atoms with E-state index in [0.717, 1.165) is 12.2 Å². The topological polar surface area (TPSA) is 49.8 Å². The van der Waals surface area contributed by atoms with Gasteiger partial charge in [0.25, 0.3) is 0 Å². The van der Waals surface area contributed by atoms with Gasteiger partial charge in [-0.05, 0) is 30.5 Å². The van der Waals surface area contributed by atoms with Crippen molar-refractivity contribution >= 4 is 0 Å². The minimum Gasteiger partial charge on any atom is -0.312 e. The number of hydrogen-bond acceptors (Lipinski definition) is 2. The molecule has 4 heteroatoms. The number of rotatable bonds is 4. The standard InChI is InChI=1S/C13H15N3O/c17-13-14-6-7-16(13)12-3-1-2-10(8-12)9-15-11-4-5-11/h1-3,6-8,11,15H,4-5,9H2,(H,14,17). The summed E-state index contributed by atoms with van der Waals surface area (Å²) in [7, 11) is 0. The van der Waals surface area contributed by atoms with E-state index in [9.17, 15) is 4.79 Å². The van der Waals surface area contributed by atoms with Gasteiger partial charge in [-0.2, -0.15) is 0 Å². The summed E-state index contributed by atoms with van der Waals surface area (Å²) in [6.45, 7) is 0.873. The summed E-state index contributed by atoms with van der Waals surface area (Å²) in [5.74, 6) is 0. The van der Waals surface area contributed by atoms with Crippen LogP contribution < -0.4 is 11.0 Å². The molecule has 1 heterocycles.